The second-order valence-electron chi connectivity index (χ2n) is 6.10. The van der Waals surface area contributed by atoms with E-state index in [9.17, 15) is 9.59 Å². The number of ether oxygens (including phenoxy) is 1. The zero-order valence-electron chi connectivity index (χ0n) is 15.2. The van der Waals surface area contributed by atoms with Crippen LogP contribution in [0, 0.1) is 0 Å². The third-order valence-electron chi connectivity index (χ3n) is 3.71. The predicted octanol–water partition coefficient (Wildman–Crippen LogP) is 3.57. The first-order chi connectivity index (χ1) is 12.5. The summed E-state index contributed by atoms with van der Waals surface area (Å²) in [6.07, 6.45) is 1.11. The number of amides is 2. The molecule has 2 aromatic carbocycles. The van der Waals surface area contributed by atoms with Crippen LogP contribution in [0.1, 0.15) is 29.3 Å². The first-order valence-corrected chi connectivity index (χ1v) is 8.46. The van der Waals surface area contributed by atoms with Crippen molar-refractivity contribution in [2.45, 2.75) is 19.8 Å². The first kappa shape index (κ1) is 19.2. The Balaban J connectivity index is 1.95. The minimum atomic E-state index is -0.205. The third-order valence-corrected chi connectivity index (χ3v) is 3.71. The van der Waals surface area contributed by atoms with E-state index in [0.29, 0.717) is 36.4 Å². The van der Waals surface area contributed by atoms with Gasteiger partial charge in [-0.05, 0) is 54.8 Å². The van der Waals surface area contributed by atoms with Gasteiger partial charge < -0.3 is 15.4 Å². The van der Waals surface area contributed by atoms with E-state index in [0.717, 1.165) is 11.1 Å². The summed E-state index contributed by atoms with van der Waals surface area (Å²) in [5, 5.41) is 5.46. The van der Waals surface area contributed by atoms with Gasteiger partial charge in [0, 0.05) is 24.7 Å². The average molecular weight is 352 g/mol. The number of aryl methyl sites for hydroxylation is 1. The lowest BCUT2D eigenvalue weighted by atomic mass is 10.1. The Morgan fingerprint density at radius 2 is 1.85 bits per heavy atom. The largest absolute Gasteiger partial charge is 0.489 e. The predicted molar refractivity (Wildman–Crippen MR) is 104 cm³/mol. The van der Waals surface area contributed by atoms with Gasteiger partial charge in [0.05, 0.1) is 0 Å². The molecule has 0 aromatic heterocycles. The van der Waals surface area contributed by atoms with E-state index in [1.54, 1.807) is 31.3 Å². The van der Waals surface area contributed by atoms with Crippen LogP contribution in [0.15, 0.2) is 60.7 Å². The summed E-state index contributed by atoms with van der Waals surface area (Å²) in [5.74, 6) is 0.435. The summed E-state index contributed by atoms with van der Waals surface area (Å²) < 4.78 is 5.57. The lowest BCUT2D eigenvalue weighted by Gasteiger charge is -2.09. The van der Waals surface area contributed by atoms with Crippen molar-refractivity contribution in [3.8, 4) is 5.75 Å². The van der Waals surface area contributed by atoms with Gasteiger partial charge in [-0.1, -0.05) is 24.8 Å². The number of benzene rings is 2. The summed E-state index contributed by atoms with van der Waals surface area (Å²) in [6, 6.07) is 14.5. The Morgan fingerprint density at radius 1 is 1.12 bits per heavy atom. The molecule has 0 bridgehead atoms. The molecule has 0 aliphatic rings. The van der Waals surface area contributed by atoms with E-state index in [4.69, 9.17) is 4.74 Å². The van der Waals surface area contributed by atoms with Crippen LogP contribution in [0.5, 0.6) is 5.75 Å². The zero-order chi connectivity index (χ0) is 18.9. The number of nitrogens with one attached hydrogen (secondary N) is 2. The molecule has 0 aliphatic heterocycles. The summed E-state index contributed by atoms with van der Waals surface area (Å²) >= 11 is 0. The summed E-state index contributed by atoms with van der Waals surface area (Å²) in [5.41, 5.74) is 3.18. The molecule has 0 unspecified atom stereocenters. The van der Waals surface area contributed by atoms with Gasteiger partial charge in [-0.25, -0.2) is 0 Å². The molecule has 2 N–H and O–H groups in total. The topological polar surface area (TPSA) is 67.4 Å². The van der Waals surface area contributed by atoms with Crippen molar-refractivity contribution < 1.29 is 14.3 Å². The molecule has 0 heterocycles. The lowest BCUT2D eigenvalue weighted by molar-refractivity contribution is -0.120. The molecule has 26 heavy (non-hydrogen) atoms. The van der Waals surface area contributed by atoms with Gasteiger partial charge >= 0.3 is 0 Å². The minimum Gasteiger partial charge on any atom is -0.489 e. The van der Waals surface area contributed by atoms with E-state index in [1.165, 1.54) is 0 Å². The van der Waals surface area contributed by atoms with Crippen LogP contribution in [0.25, 0.3) is 0 Å². The minimum absolute atomic E-state index is 0.0103. The highest BCUT2D eigenvalue weighted by atomic mass is 16.5. The highest BCUT2D eigenvalue weighted by Gasteiger charge is 2.08. The number of carbonyl (C=O) groups is 2. The van der Waals surface area contributed by atoms with E-state index in [-0.39, 0.29) is 11.8 Å². The van der Waals surface area contributed by atoms with Gasteiger partial charge in [-0.3, -0.25) is 9.59 Å². The fraction of sp³-hybridized carbons (Fsp3) is 0.238. The molecule has 0 radical (unpaired) electrons. The van der Waals surface area contributed by atoms with Crippen LogP contribution in [0.3, 0.4) is 0 Å². The van der Waals surface area contributed by atoms with Crippen LogP contribution in [-0.4, -0.2) is 25.5 Å². The van der Waals surface area contributed by atoms with Crippen molar-refractivity contribution in [3.63, 3.8) is 0 Å². The van der Waals surface area contributed by atoms with E-state index in [1.807, 2.05) is 31.2 Å². The van der Waals surface area contributed by atoms with Crippen molar-refractivity contribution >= 4 is 17.5 Å². The van der Waals surface area contributed by atoms with Gasteiger partial charge in [0.1, 0.15) is 12.4 Å². The zero-order valence-corrected chi connectivity index (χ0v) is 15.2. The van der Waals surface area contributed by atoms with E-state index in [2.05, 4.69) is 17.2 Å². The maximum atomic E-state index is 12.4. The molecule has 2 aromatic rings. The molecule has 136 valence electrons. The summed E-state index contributed by atoms with van der Waals surface area (Å²) in [7, 11) is 1.62. The van der Waals surface area contributed by atoms with Crippen LogP contribution in [-0.2, 0) is 11.2 Å². The Labute approximate surface area is 154 Å². The van der Waals surface area contributed by atoms with Crippen LogP contribution >= 0.6 is 0 Å². The maximum Gasteiger partial charge on any atom is 0.255 e. The Kier molecular flexibility index (Phi) is 6.97. The summed E-state index contributed by atoms with van der Waals surface area (Å²) in [6.45, 7) is 6.09. The molecular formula is C21H24N2O3. The number of hydrogen-bond donors (Lipinski definition) is 2. The SMILES string of the molecule is C=C(C)COc1cccc(C(=O)Nc2ccc(CCC(=O)NC)cc2)c1. The van der Waals surface area contributed by atoms with E-state index < -0.39 is 0 Å². The molecule has 0 atom stereocenters. The Hall–Kier alpha value is -3.08. The van der Waals surface area contributed by atoms with Crippen LogP contribution in [0.4, 0.5) is 5.69 Å². The molecule has 0 aliphatic carbocycles. The first-order valence-electron chi connectivity index (χ1n) is 8.46. The van der Waals surface area contributed by atoms with Gasteiger partial charge in [-0.2, -0.15) is 0 Å². The fourth-order valence-electron chi connectivity index (χ4n) is 2.27. The smallest absolute Gasteiger partial charge is 0.255 e. The normalized spacial score (nSPS) is 10.1. The van der Waals surface area contributed by atoms with Gasteiger partial charge in [-0.15, -0.1) is 0 Å². The number of anilines is 1. The Morgan fingerprint density at radius 3 is 2.50 bits per heavy atom. The molecule has 0 spiro atoms. The monoisotopic (exact) mass is 352 g/mol. The second-order valence-corrected chi connectivity index (χ2v) is 6.10. The molecule has 0 saturated carbocycles. The van der Waals surface area contributed by atoms with Gasteiger partial charge in [0.15, 0.2) is 0 Å². The van der Waals surface area contributed by atoms with Crippen LogP contribution < -0.4 is 15.4 Å². The van der Waals surface area contributed by atoms with Crippen molar-refractivity contribution in [1.29, 1.82) is 0 Å². The lowest BCUT2D eigenvalue weighted by Crippen LogP contribution is -2.17. The number of carbonyl (C=O) groups excluding carboxylic acids is 2. The molecular weight excluding hydrogens is 328 g/mol. The van der Waals surface area contributed by atoms with Gasteiger partial charge in [0.25, 0.3) is 5.91 Å². The number of hydrogen-bond acceptors (Lipinski definition) is 3. The van der Waals surface area contributed by atoms with E-state index >= 15 is 0 Å². The summed E-state index contributed by atoms with van der Waals surface area (Å²) in [4.78, 5) is 23.7. The average Bonchev–Trinajstić information content (AvgIpc) is 2.65. The van der Waals surface area contributed by atoms with Gasteiger partial charge in [0.2, 0.25) is 5.91 Å². The highest BCUT2D eigenvalue weighted by molar-refractivity contribution is 6.04. The highest BCUT2D eigenvalue weighted by Crippen LogP contribution is 2.17. The van der Waals surface area contributed by atoms with Crippen molar-refractivity contribution in [3.05, 3.63) is 71.8 Å². The third kappa shape index (κ3) is 6.09. The molecule has 0 fully saturated rings. The molecule has 2 amide bonds. The Bertz CT molecular complexity index is 782. The van der Waals surface area contributed by atoms with Crippen molar-refractivity contribution in [1.82, 2.24) is 5.32 Å². The number of rotatable bonds is 8. The molecule has 2 rings (SSSR count). The second kappa shape index (κ2) is 9.42. The van der Waals surface area contributed by atoms with Crippen molar-refractivity contribution in [2.75, 3.05) is 19.0 Å². The molecule has 0 saturated heterocycles. The quantitative estimate of drug-likeness (QED) is 0.714. The van der Waals surface area contributed by atoms with Crippen LogP contribution in [0.2, 0.25) is 0 Å². The molecule has 5 heteroatoms. The fourth-order valence-corrected chi connectivity index (χ4v) is 2.27. The molecule has 5 nitrogen and oxygen atoms in total. The van der Waals surface area contributed by atoms with Crippen molar-refractivity contribution in [2.24, 2.45) is 0 Å². The maximum absolute atomic E-state index is 12.4. The standard InChI is InChI=1S/C21H24N2O3/c1-15(2)14-26-19-6-4-5-17(13-19)21(25)23-18-10-7-16(8-11-18)9-12-20(24)22-3/h4-8,10-11,13H,1,9,12,14H2,2-3H3,(H,22,24)(H,23,25).